The number of nitrogen functional groups attached to an aromatic ring is 2. The summed E-state index contributed by atoms with van der Waals surface area (Å²) in [6.45, 7) is 3.67. The first-order chi connectivity index (χ1) is 7.34. The number of rotatable bonds is 3. The van der Waals surface area contributed by atoms with E-state index in [9.17, 15) is 4.79 Å². The highest BCUT2D eigenvalue weighted by Gasteiger charge is 2.24. The monoisotopic (exact) mass is 242 g/mol. The highest BCUT2D eigenvalue weighted by atomic mass is 35.5. The molecule has 0 saturated carbocycles. The molecule has 1 unspecified atom stereocenters. The molecule has 1 aromatic carbocycles. The van der Waals surface area contributed by atoms with Gasteiger partial charge in [-0.05, 0) is 23.6 Å². The second kappa shape index (κ2) is 4.61. The Bertz CT molecular complexity index is 395. The summed E-state index contributed by atoms with van der Waals surface area (Å²) in [4.78, 5) is 11.1. The summed E-state index contributed by atoms with van der Waals surface area (Å²) in [6, 6.07) is 3.13. The third-order valence-corrected chi connectivity index (χ3v) is 2.88. The minimum Gasteiger partial charge on any atom is -0.481 e. The van der Waals surface area contributed by atoms with Crippen LogP contribution in [0, 0.1) is 5.92 Å². The van der Waals surface area contributed by atoms with Gasteiger partial charge in [0.2, 0.25) is 0 Å². The summed E-state index contributed by atoms with van der Waals surface area (Å²) >= 11 is 5.82. The predicted octanol–water partition coefficient (Wildman–Crippen LogP) is 2.33. The van der Waals surface area contributed by atoms with Gasteiger partial charge in [0.05, 0.1) is 22.3 Å². The number of anilines is 2. The molecule has 0 aliphatic heterocycles. The zero-order chi connectivity index (χ0) is 12.5. The molecule has 0 bridgehead atoms. The van der Waals surface area contributed by atoms with Crippen LogP contribution in [0.2, 0.25) is 5.02 Å². The average Bonchev–Trinajstić information content (AvgIpc) is 2.12. The normalized spacial score (nSPS) is 12.8. The summed E-state index contributed by atoms with van der Waals surface area (Å²) in [6.07, 6.45) is 0. The second-order valence-corrected chi connectivity index (χ2v) is 4.45. The standard InChI is InChI=1S/C11H15ClN2O2/c1-5(2)9(11(15)16)6-3-7(13)10(12)8(14)4-6/h3-5,9H,13-14H2,1-2H3,(H,15,16). The van der Waals surface area contributed by atoms with Crippen molar-refractivity contribution >= 4 is 28.9 Å². The van der Waals surface area contributed by atoms with E-state index in [1.807, 2.05) is 13.8 Å². The number of hydrogen-bond acceptors (Lipinski definition) is 3. The number of nitrogens with two attached hydrogens (primary N) is 2. The average molecular weight is 243 g/mol. The van der Waals surface area contributed by atoms with Crippen LogP contribution < -0.4 is 11.5 Å². The summed E-state index contributed by atoms with van der Waals surface area (Å²) in [5.41, 5.74) is 12.5. The van der Waals surface area contributed by atoms with Crippen molar-refractivity contribution in [1.29, 1.82) is 0 Å². The minimum absolute atomic E-state index is 0.0440. The van der Waals surface area contributed by atoms with Crippen LogP contribution in [-0.2, 0) is 4.79 Å². The molecule has 0 aromatic heterocycles. The molecule has 0 heterocycles. The van der Waals surface area contributed by atoms with E-state index in [4.69, 9.17) is 28.2 Å². The Labute approximate surface area is 99.2 Å². The Hall–Kier alpha value is -1.42. The maximum Gasteiger partial charge on any atom is 0.311 e. The van der Waals surface area contributed by atoms with E-state index in [0.717, 1.165) is 0 Å². The van der Waals surface area contributed by atoms with Crippen LogP contribution in [0.25, 0.3) is 0 Å². The lowest BCUT2D eigenvalue weighted by Crippen LogP contribution is -2.18. The van der Waals surface area contributed by atoms with Gasteiger partial charge in [0.25, 0.3) is 0 Å². The van der Waals surface area contributed by atoms with Crippen molar-refractivity contribution in [2.75, 3.05) is 11.5 Å². The molecule has 0 aliphatic carbocycles. The van der Waals surface area contributed by atoms with E-state index in [1.54, 1.807) is 12.1 Å². The number of halogens is 1. The fourth-order valence-corrected chi connectivity index (χ4v) is 1.80. The third kappa shape index (κ3) is 2.39. The lowest BCUT2D eigenvalue weighted by Gasteiger charge is -2.18. The van der Waals surface area contributed by atoms with E-state index >= 15 is 0 Å². The number of carboxylic acids is 1. The van der Waals surface area contributed by atoms with E-state index in [1.165, 1.54) is 0 Å². The smallest absolute Gasteiger partial charge is 0.311 e. The zero-order valence-corrected chi connectivity index (χ0v) is 9.95. The zero-order valence-electron chi connectivity index (χ0n) is 9.20. The van der Waals surface area contributed by atoms with Crippen molar-refractivity contribution < 1.29 is 9.90 Å². The van der Waals surface area contributed by atoms with Crippen molar-refractivity contribution in [1.82, 2.24) is 0 Å². The molecule has 0 saturated heterocycles. The van der Waals surface area contributed by atoms with Crippen LogP contribution in [0.1, 0.15) is 25.3 Å². The van der Waals surface area contributed by atoms with Gasteiger partial charge in [-0.15, -0.1) is 0 Å². The summed E-state index contributed by atoms with van der Waals surface area (Å²) in [5, 5.41) is 9.41. The fraction of sp³-hybridized carbons (Fsp3) is 0.364. The second-order valence-electron chi connectivity index (χ2n) is 4.07. The van der Waals surface area contributed by atoms with E-state index in [-0.39, 0.29) is 10.9 Å². The van der Waals surface area contributed by atoms with Gasteiger partial charge < -0.3 is 16.6 Å². The number of carbonyl (C=O) groups is 1. The van der Waals surface area contributed by atoms with E-state index in [0.29, 0.717) is 16.9 Å². The number of hydrogen-bond donors (Lipinski definition) is 3. The molecule has 0 amide bonds. The molecule has 0 spiro atoms. The Morgan fingerprint density at radius 2 is 1.75 bits per heavy atom. The molecule has 16 heavy (non-hydrogen) atoms. The van der Waals surface area contributed by atoms with Gasteiger partial charge >= 0.3 is 5.97 Å². The Kier molecular flexibility index (Phi) is 3.65. The molecule has 1 aromatic rings. The number of carboxylic acid groups (broad SMARTS) is 1. The van der Waals surface area contributed by atoms with Gasteiger partial charge in [-0.2, -0.15) is 0 Å². The van der Waals surface area contributed by atoms with Gasteiger partial charge in [-0.1, -0.05) is 25.4 Å². The number of aliphatic carboxylic acids is 1. The first kappa shape index (κ1) is 12.6. The minimum atomic E-state index is -0.892. The number of benzene rings is 1. The molecule has 5 heteroatoms. The lowest BCUT2D eigenvalue weighted by atomic mass is 9.88. The third-order valence-electron chi connectivity index (χ3n) is 2.44. The topological polar surface area (TPSA) is 89.3 Å². The summed E-state index contributed by atoms with van der Waals surface area (Å²) in [5.74, 6) is -1.56. The van der Waals surface area contributed by atoms with Crippen LogP contribution in [0.4, 0.5) is 11.4 Å². The van der Waals surface area contributed by atoms with Crippen LogP contribution in [-0.4, -0.2) is 11.1 Å². The van der Waals surface area contributed by atoms with Gasteiger partial charge in [-0.25, -0.2) is 0 Å². The SMILES string of the molecule is CC(C)C(C(=O)O)c1cc(N)c(Cl)c(N)c1. The van der Waals surface area contributed by atoms with Gasteiger partial charge in [0.15, 0.2) is 0 Å². The molecule has 0 fully saturated rings. The van der Waals surface area contributed by atoms with Gasteiger partial charge in [0.1, 0.15) is 0 Å². The molecular weight excluding hydrogens is 228 g/mol. The molecule has 0 aliphatic rings. The Balaban J connectivity index is 3.26. The first-order valence-electron chi connectivity index (χ1n) is 4.91. The van der Waals surface area contributed by atoms with E-state index < -0.39 is 11.9 Å². The predicted molar refractivity (Wildman–Crippen MR) is 65.5 cm³/mol. The van der Waals surface area contributed by atoms with Gasteiger partial charge in [-0.3, -0.25) is 4.79 Å². The van der Waals surface area contributed by atoms with Crippen molar-refractivity contribution in [3.8, 4) is 0 Å². The molecule has 0 radical (unpaired) electrons. The van der Waals surface area contributed by atoms with Crippen LogP contribution in [0.15, 0.2) is 12.1 Å². The maximum absolute atomic E-state index is 11.1. The molecule has 1 rings (SSSR count). The van der Waals surface area contributed by atoms with Crippen molar-refractivity contribution in [2.24, 2.45) is 5.92 Å². The summed E-state index contributed by atoms with van der Waals surface area (Å²) < 4.78 is 0. The van der Waals surface area contributed by atoms with Crippen LogP contribution in [0.5, 0.6) is 0 Å². The highest BCUT2D eigenvalue weighted by Crippen LogP contribution is 2.33. The highest BCUT2D eigenvalue weighted by molar-refractivity contribution is 6.35. The fourth-order valence-electron chi connectivity index (χ4n) is 1.69. The van der Waals surface area contributed by atoms with Crippen molar-refractivity contribution in [2.45, 2.75) is 19.8 Å². The van der Waals surface area contributed by atoms with Crippen molar-refractivity contribution in [3.05, 3.63) is 22.7 Å². The molecular formula is C11H15ClN2O2. The van der Waals surface area contributed by atoms with Crippen LogP contribution >= 0.6 is 11.6 Å². The Morgan fingerprint density at radius 1 is 1.31 bits per heavy atom. The molecule has 4 nitrogen and oxygen atoms in total. The lowest BCUT2D eigenvalue weighted by molar-refractivity contribution is -0.139. The van der Waals surface area contributed by atoms with E-state index in [2.05, 4.69) is 0 Å². The molecule has 5 N–H and O–H groups in total. The first-order valence-corrected chi connectivity index (χ1v) is 5.29. The largest absolute Gasteiger partial charge is 0.481 e. The molecule has 1 atom stereocenters. The van der Waals surface area contributed by atoms with Gasteiger partial charge in [0, 0.05) is 0 Å². The maximum atomic E-state index is 11.1. The van der Waals surface area contributed by atoms with Crippen molar-refractivity contribution in [3.63, 3.8) is 0 Å². The summed E-state index contributed by atoms with van der Waals surface area (Å²) in [7, 11) is 0. The quantitative estimate of drug-likeness (QED) is 0.710. The molecule has 88 valence electrons. The van der Waals surface area contributed by atoms with Crippen LogP contribution in [0.3, 0.4) is 0 Å². The Morgan fingerprint density at radius 3 is 2.06 bits per heavy atom.